The van der Waals surface area contributed by atoms with E-state index >= 15 is 0 Å². The molecule has 34 heavy (non-hydrogen) atoms. The van der Waals surface area contributed by atoms with Crippen molar-refractivity contribution < 1.29 is 27.5 Å². The number of amides is 1. The van der Waals surface area contributed by atoms with Crippen molar-refractivity contribution in [1.82, 2.24) is 4.31 Å². The number of hydrogen-bond acceptors (Lipinski definition) is 6. The molecule has 1 heterocycles. The molecule has 3 aromatic carbocycles. The van der Waals surface area contributed by atoms with Crippen LogP contribution < -0.4 is 10.1 Å². The minimum Gasteiger partial charge on any atom is -0.484 e. The minimum absolute atomic E-state index is 0.100. The van der Waals surface area contributed by atoms with E-state index in [-0.39, 0.29) is 17.3 Å². The number of nitrogens with one attached hydrogen (secondary N) is 1. The molecule has 0 aliphatic carbocycles. The van der Waals surface area contributed by atoms with Crippen LogP contribution in [0.4, 0.5) is 5.69 Å². The van der Waals surface area contributed by atoms with E-state index in [2.05, 4.69) is 5.32 Å². The van der Waals surface area contributed by atoms with Crippen molar-refractivity contribution in [3.05, 3.63) is 90.0 Å². The normalized spacial score (nSPS) is 14.4. The highest BCUT2D eigenvalue weighted by Gasteiger charge is 2.26. The highest BCUT2D eigenvalue weighted by molar-refractivity contribution is 7.89. The van der Waals surface area contributed by atoms with Gasteiger partial charge in [0.25, 0.3) is 5.91 Å². The van der Waals surface area contributed by atoms with E-state index in [0.717, 1.165) is 0 Å². The first-order valence-electron chi connectivity index (χ1n) is 10.7. The first-order valence-corrected chi connectivity index (χ1v) is 12.2. The highest BCUT2D eigenvalue weighted by atomic mass is 32.2. The van der Waals surface area contributed by atoms with Crippen molar-refractivity contribution in [2.75, 3.05) is 38.2 Å². The Labute approximate surface area is 198 Å². The lowest BCUT2D eigenvalue weighted by Gasteiger charge is -2.26. The van der Waals surface area contributed by atoms with Crippen LogP contribution in [0.3, 0.4) is 0 Å². The van der Waals surface area contributed by atoms with Gasteiger partial charge in [0.1, 0.15) is 5.75 Å². The van der Waals surface area contributed by atoms with E-state index in [4.69, 9.17) is 9.47 Å². The molecule has 0 saturated carbocycles. The summed E-state index contributed by atoms with van der Waals surface area (Å²) in [6, 6.07) is 21.6. The number of hydrogen-bond donors (Lipinski definition) is 1. The minimum atomic E-state index is -3.66. The van der Waals surface area contributed by atoms with E-state index in [0.29, 0.717) is 48.9 Å². The van der Waals surface area contributed by atoms with Gasteiger partial charge in [-0.3, -0.25) is 9.59 Å². The second kappa shape index (κ2) is 10.6. The van der Waals surface area contributed by atoms with E-state index in [1.807, 2.05) is 6.07 Å². The standard InChI is InChI=1S/C25H24N2O6S/c28-24(18-33-22-11-9-20(10-12-22)25(29)19-5-2-1-3-6-19)26-21-7-4-8-23(17-21)34(30,31)27-13-15-32-16-14-27/h1-12,17H,13-16,18H2,(H,26,28). The van der Waals surface area contributed by atoms with Crippen LogP contribution in [0.25, 0.3) is 0 Å². The molecular formula is C25H24N2O6S. The number of benzene rings is 3. The monoisotopic (exact) mass is 480 g/mol. The second-order valence-electron chi connectivity index (χ2n) is 7.60. The molecule has 1 aliphatic heterocycles. The quantitative estimate of drug-likeness (QED) is 0.498. The fourth-order valence-corrected chi connectivity index (χ4v) is 4.93. The van der Waals surface area contributed by atoms with Gasteiger partial charge in [-0.25, -0.2) is 8.42 Å². The lowest BCUT2D eigenvalue weighted by Crippen LogP contribution is -2.40. The van der Waals surface area contributed by atoms with Crippen LogP contribution in [0, 0.1) is 0 Å². The lowest BCUT2D eigenvalue weighted by atomic mass is 10.0. The van der Waals surface area contributed by atoms with Crippen LogP contribution >= 0.6 is 0 Å². The van der Waals surface area contributed by atoms with Gasteiger partial charge in [0, 0.05) is 29.9 Å². The topological polar surface area (TPSA) is 102 Å². The van der Waals surface area contributed by atoms with Crippen LogP contribution in [-0.4, -0.2) is 57.3 Å². The summed E-state index contributed by atoms with van der Waals surface area (Å²) in [6.45, 7) is 1.03. The van der Waals surface area contributed by atoms with Gasteiger partial charge >= 0.3 is 0 Å². The largest absolute Gasteiger partial charge is 0.484 e. The van der Waals surface area contributed by atoms with Crippen molar-refractivity contribution >= 4 is 27.4 Å². The number of ketones is 1. The second-order valence-corrected chi connectivity index (χ2v) is 9.54. The number of anilines is 1. The van der Waals surface area contributed by atoms with Crippen LogP contribution in [0.5, 0.6) is 5.75 Å². The summed E-state index contributed by atoms with van der Waals surface area (Å²) in [5.41, 5.74) is 1.46. The van der Waals surface area contributed by atoms with Crippen molar-refractivity contribution in [2.24, 2.45) is 0 Å². The summed E-state index contributed by atoms with van der Waals surface area (Å²) < 4.78 is 37.7. The summed E-state index contributed by atoms with van der Waals surface area (Å²) >= 11 is 0. The smallest absolute Gasteiger partial charge is 0.262 e. The molecule has 176 valence electrons. The Morgan fingerprint density at radius 2 is 1.56 bits per heavy atom. The Kier molecular flexibility index (Phi) is 7.36. The molecule has 1 saturated heterocycles. The van der Waals surface area contributed by atoms with Crippen molar-refractivity contribution in [3.63, 3.8) is 0 Å². The number of morpholine rings is 1. The Morgan fingerprint density at radius 1 is 0.882 bits per heavy atom. The fraction of sp³-hybridized carbons (Fsp3) is 0.200. The summed E-state index contributed by atoms with van der Waals surface area (Å²) in [5.74, 6) is -0.106. The Bertz CT molecular complexity index is 1250. The molecule has 1 amide bonds. The average molecular weight is 481 g/mol. The Balaban J connectivity index is 1.34. The third kappa shape index (κ3) is 5.69. The summed E-state index contributed by atoms with van der Waals surface area (Å²) in [5, 5.41) is 2.65. The molecule has 0 atom stereocenters. The SMILES string of the molecule is O=C(COc1ccc(C(=O)c2ccccc2)cc1)Nc1cccc(S(=O)(=O)N2CCOCC2)c1. The zero-order valence-corrected chi connectivity index (χ0v) is 19.2. The molecule has 4 rings (SSSR count). The highest BCUT2D eigenvalue weighted by Crippen LogP contribution is 2.21. The van der Waals surface area contributed by atoms with Crippen molar-refractivity contribution in [3.8, 4) is 5.75 Å². The number of rotatable bonds is 8. The predicted molar refractivity (Wildman–Crippen MR) is 126 cm³/mol. The predicted octanol–water partition coefficient (Wildman–Crippen LogP) is 2.96. The molecule has 0 aromatic heterocycles. The molecule has 0 spiro atoms. The van der Waals surface area contributed by atoms with Gasteiger partial charge in [-0.05, 0) is 42.5 Å². The van der Waals surface area contributed by atoms with Gasteiger partial charge in [-0.15, -0.1) is 0 Å². The van der Waals surface area contributed by atoms with Gasteiger partial charge in [-0.1, -0.05) is 36.4 Å². The molecule has 1 aliphatic rings. The molecule has 1 fully saturated rings. The lowest BCUT2D eigenvalue weighted by molar-refractivity contribution is -0.118. The van der Waals surface area contributed by atoms with Crippen molar-refractivity contribution in [1.29, 1.82) is 0 Å². The molecule has 3 aromatic rings. The van der Waals surface area contributed by atoms with E-state index < -0.39 is 15.9 Å². The maximum atomic E-state index is 12.8. The average Bonchev–Trinajstić information content (AvgIpc) is 2.88. The van der Waals surface area contributed by atoms with E-state index in [1.54, 1.807) is 60.7 Å². The molecule has 8 nitrogen and oxygen atoms in total. The molecule has 0 radical (unpaired) electrons. The number of carbonyl (C=O) groups is 2. The maximum absolute atomic E-state index is 12.8. The number of nitrogens with zero attached hydrogens (tertiary/aromatic N) is 1. The molecule has 1 N–H and O–H groups in total. The Morgan fingerprint density at radius 3 is 2.26 bits per heavy atom. The molecule has 9 heteroatoms. The third-order valence-corrected chi connectivity index (χ3v) is 7.14. The van der Waals surface area contributed by atoms with Gasteiger partial charge in [0.15, 0.2) is 12.4 Å². The molecule has 0 bridgehead atoms. The van der Waals surface area contributed by atoms with E-state index in [1.165, 1.54) is 16.4 Å². The molecule has 0 unspecified atom stereocenters. The molecular weight excluding hydrogens is 456 g/mol. The zero-order valence-electron chi connectivity index (χ0n) is 18.3. The van der Waals surface area contributed by atoms with Crippen LogP contribution in [-0.2, 0) is 19.6 Å². The van der Waals surface area contributed by atoms with E-state index in [9.17, 15) is 18.0 Å². The summed E-state index contributed by atoms with van der Waals surface area (Å²) in [4.78, 5) is 24.9. The van der Waals surface area contributed by atoms with Gasteiger partial charge in [0.2, 0.25) is 10.0 Å². The number of carbonyl (C=O) groups excluding carboxylic acids is 2. The van der Waals surface area contributed by atoms with Gasteiger partial charge in [0.05, 0.1) is 18.1 Å². The van der Waals surface area contributed by atoms with Crippen molar-refractivity contribution in [2.45, 2.75) is 4.90 Å². The maximum Gasteiger partial charge on any atom is 0.262 e. The third-order valence-electron chi connectivity index (χ3n) is 5.25. The number of sulfonamides is 1. The number of ether oxygens (including phenoxy) is 2. The van der Waals surface area contributed by atoms with Crippen LogP contribution in [0.1, 0.15) is 15.9 Å². The first kappa shape index (κ1) is 23.6. The summed E-state index contributed by atoms with van der Waals surface area (Å²) in [6.07, 6.45) is 0. The van der Waals surface area contributed by atoms with Gasteiger partial charge < -0.3 is 14.8 Å². The summed E-state index contributed by atoms with van der Waals surface area (Å²) in [7, 11) is -3.66. The van der Waals surface area contributed by atoms with Crippen LogP contribution in [0.2, 0.25) is 0 Å². The van der Waals surface area contributed by atoms with Crippen LogP contribution in [0.15, 0.2) is 83.8 Å². The van der Waals surface area contributed by atoms with Gasteiger partial charge in [-0.2, -0.15) is 4.31 Å². The first-order chi connectivity index (χ1) is 16.4. The fourth-order valence-electron chi connectivity index (χ4n) is 3.48. The zero-order chi connectivity index (χ0) is 24.0. The Hall–Kier alpha value is -3.53.